The van der Waals surface area contributed by atoms with Crippen LogP contribution in [0.1, 0.15) is 12.5 Å². The molecule has 0 bridgehead atoms. The van der Waals surface area contributed by atoms with E-state index < -0.39 is 0 Å². The van der Waals surface area contributed by atoms with E-state index in [0.29, 0.717) is 0 Å². The summed E-state index contributed by atoms with van der Waals surface area (Å²) in [7, 11) is 2.04. The van der Waals surface area contributed by atoms with Crippen LogP contribution < -0.4 is 16.4 Å². The van der Waals surface area contributed by atoms with Gasteiger partial charge in [-0.1, -0.05) is 12.1 Å². The molecule has 4 N–H and O–H groups in total. The summed E-state index contributed by atoms with van der Waals surface area (Å²) in [6.45, 7) is 3.08. The lowest BCUT2D eigenvalue weighted by Crippen LogP contribution is -2.21. The predicted octanol–water partition coefficient (Wildman–Crippen LogP) is 0.750. The predicted molar refractivity (Wildman–Crippen MR) is 68.8 cm³/mol. The van der Waals surface area contributed by atoms with E-state index >= 15 is 0 Å². The molecule has 0 aromatic heterocycles. The van der Waals surface area contributed by atoms with Crippen LogP contribution in [0.25, 0.3) is 0 Å². The molecule has 86 valence electrons. The Morgan fingerprint density at radius 2 is 1.94 bits per heavy atom. The smallest absolute Gasteiger partial charge is 0.211 e. The maximum absolute atomic E-state index is 5.15. The van der Waals surface area contributed by atoms with Gasteiger partial charge in [0.05, 0.1) is 6.21 Å². The summed E-state index contributed by atoms with van der Waals surface area (Å²) in [5.74, 6) is -0.0430. The lowest BCUT2D eigenvalue weighted by atomic mass is 10.2. The van der Waals surface area contributed by atoms with Crippen molar-refractivity contribution in [2.24, 2.45) is 21.7 Å². The zero-order chi connectivity index (χ0) is 12.0. The molecule has 0 heterocycles. The molecule has 0 aliphatic heterocycles. The van der Waals surface area contributed by atoms with E-state index in [1.54, 1.807) is 6.21 Å². The molecular formula is C11H17N5. The standard InChI is InChI=1S/C11H17N5/c1-3-16(2)10-6-4-9(5-7-10)8-14-15-11(12)13/h4-8H,3H2,1-2H3,(H4,12,13,15). The first kappa shape index (κ1) is 12.0. The Kier molecular flexibility index (Phi) is 4.32. The van der Waals surface area contributed by atoms with Crippen molar-refractivity contribution in [1.29, 1.82) is 0 Å². The summed E-state index contributed by atoms with van der Waals surface area (Å²) >= 11 is 0. The number of hydrogen-bond donors (Lipinski definition) is 2. The SMILES string of the molecule is CCN(C)c1ccc(C=NN=C(N)N)cc1. The lowest BCUT2D eigenvalue weighted by molar-refractivity contribution is 0.968. The van der Waals surface area contributed by atoms with Crippen molar-refractivity contribution in [2.75, 3.05) is 18.5 Å². The summed E-state index contributed by atoms with van der Waals surface area (Å²) in [6, 6.07) is 7.99. The second-order valence-electron chi connectivity index (χ2n) is 3.38. The van der Waals surface area contributed by atoms with Crippen LogP contribution in [0, 0.1) is 0 Å². The molecule has 1 aromatic carbocycles. The molecule has 5 heteroatoms. The van der Waals surface area contributed by atoms with Gasteiger partial charge in [-0.2, -0.15) is 5.10 Å². The summed E-state index contributed by atoms with van der Waals surface area (Å²) in [6.07, 6.45) is 1.61. The van der Waals surface area contributed by atoms with Gasteiger partial charge >= 0.3 is 0 Å². The molecule has 0 atom stereocenters. The van der Waals surface area contributed by atoms with Crippen molar-refractivity contribution in [3.8, 4) is 0 Å². The largest absolute Gasteiger partial charge is 0.375 e. The van der Waals surface area contributed by atoms with Crippen LogP contribution in [0.4, 0.5) is 5.69 Å². The van der Waals surface area contributed by atoms with Crippen LogP contribution in [0.5, 0.6) is 0 Å². The number of nitrogens with two attached hydrogens (primary N) is 2. The highest BCUT2D eigenvalue weighted by molar-refractivity contribution is 5.82. The fraction of sp³-hybridized carbons (Fsp3) is 0.273. The fourth-order valence-corrected chi connectivity index (χ4v) is 1.16. The van der Waals surface area contributed by atoms with Crippen LogP contribution in [-0.4, -0.2) is 25.8 Å². The van der Waals surface area contributed by atoms with E-state index in [-0.39, 0.29) is 5.96 Å². The minimum atomic E-state index is -0.0430. The Bertz CT molecular complexity index is 376. The van der Waals surface area contributed by atoms with Crippen LogP contribution in [0.15, 0.2) is 34.5 Å². The first-order valence-electron chi connectivity index (χ1n) is 5.06. The Labute approximate surface area is 95.5 Å². The first-order chi connectivity index (χ1) is 7.63. The average molecular weight is 219 g/mol. The number of benzene rings is 1. The number of guanidine groups is 1. The summed E-state index contributed by atoms with van der Waals surface area (Å²) in [5.41, 5.74) is 12.4. The van der Waals surface area contributed by atoms with E-state index in [0.717, 1.165) is 12.1 Å². The van der Waals surface area contributed by atoms with E-state index in [9.17, 15) is 0 Å². The van der Waals surface area contributed by atoms with E-state index in [2.05, 4.69) is 22.0 Å². The molecule has 1 aromatic rings. The molecule has 0 radical (unpaired) electrons. The molecule has 0 saturated carbocycles. The number of nitrogens with zero attached hydrogens (tertiary/aromatic N) is 3. The Morgan fingerprint density at radius 3 is 2.44 bits per heavy atom. The third kappa shape index (κ3) is 3.61. The molecule has 0 spiro atoms. The second-order valence-corrected chi connectivity index (χ2v) is 3.38. The van der Waals surface area contributed by atoms with Gasteiger partial charge in [0.15, 0.2) is 0 Å². The van der Waals surface area contributed by atoms with Gasteiger partial charge in [-0.25, -0.2) is 0 Å². The van der Waals surface area contributed by atoms with Crippen LogP contribution in [0.3, 0.4) is 0 Å². The molecule has 0 amide bonds. The molecule has 0 aliphatic rings. The molecule has 1 rings (SSSR count). The van der Waals surface area contributed by atoms with Crippen molar-refractivity contribution in [3.05, 3.63) is 29.8 Å². The Balaban J connectivity index is 2.72. The van der Waals surface area contributed by atoms with Crippen molar-refractivity contribution in [1.82, 2.24) is 0 Å². The van der Waals surface area contributed by atoms with Gasteiger partial charge in [-0.05, 0) is 24.6 Å². The van der Waals surface area contributed by atoms with Crippen LogP contribution in [0.2, 0.25) is 0 Å². The highest BCUT2D eigenvalue weighted by Gasteiger charge is 1.96. The highest BCUT2D eigenvalue weighted by Crippen LogP contribution is 2.12. The van der Waals surface area contributed by atoms with Gasteiger partial charge in [0, 0.05) is 19.3 Å². The zero-order valence-corrected chi connectivity index (χ0v) is 9.59. The third-order valence-electron chi connectivity index (χ3n) is 2.19. The van der Waals surface area contributed by atoms with Gasteiger partial charge in [0.25, 0.3) is 0 Å². The molecule has 0 fully saturated rings. The van der Waals surface area contributed by atoms with Gasteiger partial charge in [0.2, 0.25) is 5.96 Å². The van der Waals surface area contributed by atoms with Gasteiger partial charge < -0.3 is 16.4 Å². The van der Waals surface area contributed by atoms with Crippen molar-refractivity contribution in [3.63, 3.8) is 0 Å². The molecule has 5 nitrogen and oxygen atoms in total. The van der Waals surface area contributed by atoms with Gasteiger partial charge in [-0.15, -0.1) is 5.10 Å². The molecule has 0 aliphatic carbocycles. The van der Waals surface area contributed by atoms with Crippen molar-refractivity contribution < 1.29 is 0 Å². The summed E-state index contributed by atoms with van der Waals surface area (Å²) in [5, 5.41) is 7.26. The second kappa shape index (κ2) is 5.75. The molecular weight excluding hydrogens is 202 g/mol. The van der Waals surface area contributed by atoms with Gasteiger partial charge in [-0.3, -0.25) is 0 Å². The topological polar surface area (TPSA) is 80.0 Å². The highest BCUT2D eigenvalue weighted by atomic mass is 15.3. The Hall–Kier alpha value is -2.04. The summed E-state index contributed by atoms with van der Waals surface area (Å²) < 4.78 is 0. The minimum absolute atomic E-state index is 0.0430. The van der Waals surface area contributed by atoms with E-state index in [1.807, 2.05) is 31.3 Å². The minimum Gasteiger partial charge on any atom is -0.375 e. The van der Waals surface area contributed by atoms with E-state index in [4.69, 9.17) is 11.5 Å². The monoisotopic (exact) mass is 219 g/mol. The lowest BCUT2D eigenvalue weighted by Gasteiger charge is -2.16. The van der Waals surface area contributed by atoms with Gasteiger partial charge in [0.1, 0.15) is 0 Å². The summed E-state index contributed by atoms with van der Waals surface area (Å²) in [4.78, 5) is 2.15. The number of rotatable bonds is 4. The molecule has 16 heavy (non-hydrogen) atoms. The van der Waals surface area contributed by atoms with Crippen molar-refractivity contribution in [2.45, 2.75) is 6.92 Å². The number of anilines is 1. The van der Waals surface area contributed by atoms with Crippen molar-refractivity contribution >= 4 is 17.9 Å². The van der Waals surface area contributed by atoms with Crippen LogP contribution in [-0.2, 0) is 0 Å². The van der Waals surface area contributed by atoms with E-state index in [1.165, 1.54) is 5.69 Å². The average Bonchev–Trinajstić information content (AvgIpc) is 2.28. The maximum Gasteiger partial charge on any atom is 0.211 e. The first-order valence-corrected chi connectivity index (χ1v) is 5.06. The molecule has 0 unspecified atom stereocenters. The maximum atomic E-state index is 5.15. The quantitative estimate of drug-likeness (QED) is 0.445. The fourth-order valence-electron chi connectivity index (χ4n) is 1.16. The molecule has 0 saturated heterocycles. The third-order valence-corrected chi connectivity index (χ3v) is 2.19. The zero-order valence-electron chi connectivity index (χ0n) is 9.59. The normalized spacial score (nSPS) is 10.4. The van der Waals surface area contributed by atoms with Crippen LogP contribution >= 0.6 is 0 Å². The Morgan fingerprint density at radius 1 is 1.31 bits per heavy atom. The number of hydrogen-bond acceptors (Lipinski definition) is 3.